The Kier molecular flexibility index (Phi) is 6.82. The topological polar surface area (TPSA) is 76.7 Å². The number of ether oxygens (including phenoxy) is 2. The van der Waals surface area contributed by atoms with Crippen LogP contribution >= 0.6 is 15.9 Å². The van der Waals surface area contributed by atoms with Crippen molar-refractivity contribution in [2.75, 3.05) is 25.6 Å². The molecule has 0 saturated carbocycles. The fraction of sp³-hybridized carbons (Fsp3) is 0.222. The lowest BCUT2D eigenvalue weighted by Gasteiger charge is -2.10. The second-order valence-corrected chi connectivity index (χ2v) is 6.07. The summed E-state index contributed by atoms with van der Waals surface area (Å²) in [6.07, 6.45) is 0. The van der Waals surface area contributed by atoms with Crippen LogP contribution in [-0.4, -0.2) is 32.1 Å². The van der Waals surface area contributed by atoms with Crippen molar-refractivity contribution in [1.82, 2.24) is 5.32 Å². The third-order valence-electron chi connectivity index (χ3n) is 3.29. The van der Waals surface area contributed by atoms with Gasteiger partial charge in [-0.05, 0) is 64.8 Å². The Hall–Kier alpha value is -2.54. The van der Waals surface area contributed by atoms with E-state index in [-0.39, 0.29) is 13.2 Å². The molecular formula is C18H19BrN2O4. The second kappa shape index (κ2) is 9.08. The van der Waals surface area contributed by atoms with Crippen LogP contribution in [0.15, 0.2) is 46.9 Å². The van der Waals surface area contributed by atoms with E-state index in [0.717, 1.165) is 15.8 Å². The fourth-order valence-electron chi connectivity index (χ4n) is 1.99. The molecule has 0 aliphatic carbocycles. The average molecular weight is 407 g/mol. The van der Waals surface area contributed by atoms with E-state index in [1.54, 1.807) is 37.4 Å². The van der Waals surface area contributed by atoms with Gasteiger partial charge in [0.25, 0.3) is 0 Å². The Bertz CT molecular complexity index is 747. The minimum absolute atomic E-state index is 0.216. The summed E-state index contributed by atoms with van der Waals surface area (Å²) >= 11 is 3.35. The highest BCUT2D eigenvalue weighted by Gasteiger charge is 2.14. The van der Waals surface area contributed by atoms with Crippen molar-refractivity contribution in [1.29, 1.82) is 0 Å². The first-order valence-electron chi connectivity index (χ1n) is 7.62. The fourth-order valence-corrected chi connectivity index (χ4v) is 2.58. The lowest BCUT2D eigenvalue weighted by molar-refractivity contribution is -0.136. The van der Waals surface area contributed by atoms with Gasteiger partial charge >= 0.3 is 11.8 Å². The van der Waals surface area contributed by atoms with E-state index in [1.165, 1.54) is 0 Å². The zero-order valence-electron chi connectivity index (χ0n) is 14.0. The van der Waals surface area contributed by atoms with Crippen LogP contribution in [0.3, 0.4) is 0 Å². The third kappa shape index (κ3) is 5.79. The molecule has 0 spiro atoms. The van der Waals surface area contributed by atoms with Gasteiger partial charge in [0.2, 0.25) is 0 Å². The molecule has 0 bridgehead atoms. The van der Waals surface area contributed by atoms with Gasteiger partial charge in [-0.3, -0.25) is 9.59 Å². The number of anilines is 1. The largest absolute Gasteiger partial charge is 0.497 e. The van der Waals surface area contributed by atoms with Crippen LogP contribution in [0.25, 0.3) is 0 Å². The van der Waals surface area contributed by atoms with Crippen molar-refractivity contribution >= 4 is 33.4 Å². The summed E-state index contributed by atoms with van der Waals surface area (Å²) in [5.74, 6) is -0.0533. The average Bonchev–Trinajstić information content (AvgIpc) is 2.61. The summed E-state index contributed by atoms with van der Waals surface area (Å²) in [4.78, 5) is 23.7. The summed E-state index contributed by atoms with van der Waals surface area (Å²) in [6.45, 7) is 2.40. The summed E-state index contributed by atoms with van der Waals surface area (Å²) in [5, 5.41) is 5.07. The second-order valence-electron chi connectivity index (χ2n) is 5.22. The van der Waals surface area contributed by atoms with Gasteiger partial charge in [0, 0.05) is 4.47 Å². The monoisotopic (exact) mass is 406 g/mol. The van der Waals surface area contributed by atoms with E-state index in [9.17, 15) is 9.59 Å². The molecule has 0 saturated heterocycles. The molecule has 132 valence electrons. The van der Waals surface area contributed by atoms with Crippen molar-refractivity contribution in [2.24, 2.45) is 0 Å². The Morgan fingerprint density at radius 3 is 2.36 bits per heavy atom. The highest BCUT2D eigenvalue weighted by molar-refractivity contribution is 9.10. The van der Waals surface area contributed by atoms with Gasteiger partial charge in [-0.15, -0.1) is 0 Å². The molecule has 0 aromatic heterocycles. The maximum absolute atomic E-state index is 11.9. The number of hydrogen-bond donors (Lipinski definition) is 2. The molecule has 0 aliphatic heterocycles. The Morgan fingerprint density at radius 1 is 1.04 bits per heavy atom. The Labute approximate surface area is 154 Å². The molecule has 0 radical (unpaired) electrons. The van der Waals surface area contributed by atoms with Crippen molar-refractivity contribution in [3.8, 4) is 11.5 Å². The van der Waals surface area contributed by atoms with Crippen LogP contribution in [0.5, 0.6) is 11.5 Å². The number of benzene rings is 2. The number of amides is 2. The molecule has 2 rings (SSSR count). The van der Waals surface area contributed by atoms with Gasteiger partial charge < -0.3 is 20.1 Å². The molecule has 2 aromatic rings. The summed E-state index contributed by atoms with van der Waals surface area (Å²) in [7, 11) is 1.59. The van der Waals surface area contributed by atoms with E-state index in [2.05, 4.69) is 26.6 Å². The first-order chi connectivity index (χ1) is 12.0. The van der Waals surface area contributed by atoms with Crippen LogP contribution in [-0.2, 0) is 9.59 Å². The summed E-state index contributed by atoms with van der Waals surface area (Å²) in [5.41, 5.74) is 1.59. The lowest BCUT2D eigenvalue weighted by atomic mass is 10.2. The SMILES string of the molecule is COc1ccc(OCCNC(=O)C(=O)Nc2ccc(C)cc2Br)cc1. The van der Waals surface area contributed by atoms with E-state index in [0.29, 0.717) is 11.4 Å². The van der Waals surface area contributed by atoms with Crippen LogP contribution in [0.4, 0.5) is 5.69 Å². The molecule has 0 fully saturated rings. The molecule has 0 heterocycles. The van der Waals surface area contributed by atoms with Crippen molar-refractivity contribution in [2.45, 2.75) is 6.92 Å². The van der Waals surface area contributed by atoms with Crippen molar-refractivity contribution in [3.05, 3.63) is 52.5 Å². The normalized spacial score (nSPS) is 10.0. The van der Waals surface area contributed by atoms with Gasteiger partial charge in [0.15, 0.2) is 0 Å². The number of nitrogens with one attached hydrogen (secondary N) is 2. The Balaban J connectivity index is 1.74. The van der Waals surface area contributed by atoms with E-state index in [4.69, 9.17) is 9.47 Å². The van der Waals surface area contributed by atoms with Gasteiger partial charge in [0.1, 0.15) is 18.1 Å². The van der Waals surface area contributed by atoms with E-state index < -0.39 is 11.8 Å². The number of methoxy groups -OCH3 is 1. The molecule has 6 nitrogen and oxygen atoms in total. The number of carbonyl (C=O) groups is 2. The van der Waals surface area contributed by atoms with E-state index in [1.807, 2.05) is 19.1 Å². The zero-order valence-corrected chi connectivity index (χ0v) is 15.6. The van der Waals surface area contributed by atoms with Gasteiger partial charge in [0.05, 0.1) is 19.3 Å². The molecule has 2 amide bonds. The molecule has 2 aromatic carbocycles. The molecule has 0 aliphatic rings. The third-order valence-corrected chi connectivity index (χ3v) is 3.95. The van der Waals surface area contributed by atoms with Crippen LogP contribution < -0.4 is 20.1 Å². The zero-order chi connectivity index (χ0) is 18.2. The molecule has 0 unspecified atom stereocenters. The minimum atomic E-state index is -0.728. The number of hydrogen-bond acceptors (Lipinski definition) is 4. The molecule has 25 heavy (non-hydrogen) atoms. The lowest BCUT2D eigenvalue weighted by Crippen LogP contribution is -2.37. The highest BCUT2D eigenvalue weighted by Crippen LogP contribution is 2.23. The van der Waals surface area contributed by atoms with E-state index >= 15 is 0 Å². The number of aryl methyl sites for hydroxylation is 1. The van der Waals surface area contributed by atoms with Crippen LogP contribution in [0, 0.1) is 6.92 Å². The van der Waals surface area contributed by atoms with Crippen molar-refractivity contribution < 1.29 is 19.1 Å². The molecule has 0 atom stereocenters. The highest BCUT2D eigenvalue weighted by atomic mass is 79.9. The van der Waals surface area contributed by atoms with Crippen molar-refractivity contribution in [3.63, 3.8) is 0 Å². The number of rotatable bonds is 6. The minimum Gasteiger partial charge on any atom is -0.497 e. The first-order valence-corrected chi connectivity index (χ1v) is 8.41. The smallest absolute Gasteiger partial charge is 0.313 e. The van der Waals surface area contributed by atoms with Gasteiger partial charge in [-0.1, -0.05) is 6.07 Å². The number of carbonyl (C=O) groups excluding carboxylic acids is 2. The standard InChI is InChI=1S/C18H19BrN2O4/c1-12-3-8-16(15(19)11-12)21-18(23)17(22)20-9-10-25-14-6-4-13(24-2)5-7-14/h3-8,11H,9-10H2,1-2H3,(H,20,22)(H,21,23). The first kappa shape index (κ1) is 18.8. The van der Waals surface area contributed by atoms with Crippen LogP contribution in [0.2, 0.25) is 0 Å². The molecule has 2 N–H and O–H groups in total. The predicted molar refractivity (Wildman–Crippen MR) is 99.0 cm³/mol. The van der Waals surface area contributed by atoms with Gasteiger partial charge in [-0.25, -0.2) is 0 Å². The Morgan fingerprint density at radius 2 is 1.72 bits per heavy atom. The van der Waals surface area contributed by atoms with Crippen LogP contribution in [0.1, 0.15) is 5.56 Å². The summed E-state index contributed by atoms with van der Waals surface area (Å²) < 4.78 is 11.3. The quantitative estimate of drug-likeness (QED) is 0.571. The summed E-state index contributed by atoms with van der Waals surface area (Å²) in [6, 6.07) is 12.5. The molecular weight excluding hydrogens is 388 g/mol. The van der Waals surface area contributed by atoms with Gasteiger partial charge in [-0.2, -0.15) is 0 Å². The number of halogens is 1. The molecule has 7 heteroatoms. The maximum Gasteiger partial charge on any atom is 0.313 e. The maximum atomic E-state index is 11.9. The predicted octanol–water partition coefficient (Wildman–Crippen LogP) is 2.90.